The Morgan fingerprint density at radius 1 is 0.625 bits per heavy atom. The maximum Gasteiger partial charge on any atom is 0.131 e. The van der Waals surface area contributed by atoms with Crippen molar-refractivity contribution in [1.82, 2.24) is 0 Å². The number of epoxide rings is 2. The van der Waals surface area contributed by atoms with E-state index in [2.05, 4.69) is 24.3 Å². The highest BCUT2D eigenvalue weighted by Crippen LogP contribution is 2.65. The Labute approximate surface area is 238 Å². The van der Waals surface area contributed by atoms with E-state index in [9.17, 15) is 0 Å². The highest BCUT2D eigenvalue weighted by molar-refractivity contribution is 5.97. The average Bonchev–Trinajstić information content (AvgIpc) is 3.84. The van der Waals surface area contributed by atoms with Crippen molar-refractivity contribution in [2.75, 3.05) is 26.4 Å². The molecule has 0 spiro atoms. The van der Waals surface area contributed by atoms with Crippen LogP contribution in [0.5, 0.6) is 11.5 Å². The van der Waals surface area contributed by atoms with Gasteiger partial charge >= 0.3 is 0 Å². The summed E-state index contributed by atoms with van der Waals surface area (Å²) >= 11 is 0. The molecule has 212 valence electrons. The molecule has 2 saturated heterocycles. The Morgan fingerprint density at radius 3 is 1.60 bits per heavy atom. The summed E-state index contributed by atoms with van der Waals surface area (Å²) in [5.41, 5.74) is 3.74. The van der Waals surface area contributed by atoms with Crippen LogP contribution in [0, 0.1) is 35.5 Å². The van der Waals surface area contributed by atoms with Gasteiger partial charge in [-0.2, -0.15) is 0 Å². The van der Waals surface area contributed by atoms with Crippen molar-refractivity contribution in [3.8, 4) is 11.5 Å². The molecule has 2 heterocycles. The van der Waals surface area contributed by atoms with Crippen molar-refractivity contribution in [1.29, 1.82) is 0 Å². The molecule has 2 atom stereocenters. The van der Waals surface area contributed by atoms with Crippen LogP contribution in [-0.4, -0.2) is 38.6 Å². The molecule has 4 heteroatoms. The molecule has 0 amide bonds. The van der Waals surface area contributed by atoms with Gasteiger partial charge in [0.2, 0.25) is 0 Å². The van der Waals surface area contributed by atoms with Crippen molar-refractivity contribution >= 4 is 10.8 Å². The van der Waals surface area contributed by atoms with E-state index in [-0.39, 0.29) is 17.6 Å². The van der Waals surface area contributed by atoms with E-state index >= 15 is 0 Å². The molecular formula is C36H44O4. The van der Waals surface area contributed by atoms with Crippen molar-refractivity contribution in [3.05, 3.63) is 35.4 Å². The molecule has 10 fully saturated rings. The minimum absolute atomic E-state index is 0.244. The summed E-state index contributed by atoms with van der Waals surface area (Å²) in [5, 5.41) is 2.89. The van der Waals surface area contributed by atoms with Gasteiger partial charge in [0.05, 0.1) is 13.2 Å². The summed E-state index contributed by atoms with van der Waals surface area (Å²) < 4.78 is 24.7. The molecule has 40 heavy (non-hydrogen) atoms. The molecule has 0 N–H and O–H groups in total. The summed E-state index contributed by atoms with van der Waals surface area (Å²) in [4.78, 5) is 0. The van der Waals surface area contributed by atoms with Crippen molar-refractivity contribution in [2.24, 2.45) is 35.5 Å². The van der Waals surface area contributed by atoms with E-state index in [1.54, 1.807) is 11.1 Å². The van der Waals surface area contributed by atoms with E-state index < -0.39 is 0 Å². The van der Waals surface area contributed by atoms with Crippen LogP contribution in [0.2, 0.25) is 0 Å². The van der Waals surface area contributed by atoms with Gasteiger partial charge in [0.25, 0.3) is 0 Å². The third-order valence-electron chi connectivity index (χ3n) is 12.9. The second-order valence-corrected chi connectivity index (χ2v) is 15.9. The molecular weight excluding hydrogens is 496 g/mol. The van der Waals surface area contributed by atoms with E-state index in [1.165, 1.54) is 87.8 Å². The number of fused-ring (bicyclic) bond motifs is 1. The fourth-order valence-electron chi connectivity index (χ4n) is 12.2. The van der Waals surface area contributed by atoms with Gasteiger partial charge in [-0.3, -0.25) is 0 Å². The number of ether oxygens (including phenoxy) is 4. The predicted molar refractivity (Wildman–Crippen MR) is 154 cm³/mol. The number of hydrogen-bond acceptors (Lipinski definition) is 4. The second-order valence-electron chi connectivity index (χ2n) is 15.9. The van der Waals surface area contributed by atoms with Crippen LogP contribution < -0.4 is 9.47 Å². The summed E-state index contributed by atoms with van der Waals surface area (Å²) in [7, 11) is 0. The van der Waals surface area contributed by atoms with Crippen LogP contribution >= 0.6 is 0 Å². The van der Waals surface area contributed by atoms with Crippen LogP contribution in [0.25, 0.3) is 10.8 Å². The molecule has 12 rings (SSSR count). The Balaban J connectivity index is 1.19. The van der Waals surface area contributed by atoms with Gasteiger partial charge in [0.15, 0.2) is 0 Å². The molecule has 2 aromatic rings. The molecule has 0 aromatic heterocycles. The Bertz CT molecular complexity index is 1280. The SMILES string of the molecule is c1cc(C23CC4CC(CC(C4)C2)C3)c2c(OCC3CO3)cc(OCC3CO3)c(C34CC5CC(CC(C5)C3)C4)c2c1. The summed E-state index contributed by atoms with van der Waals surface area (Å²) in [6.07, 6.45) is 17.5. The fraction of sp³-hybridized carbons (Fsp3) is 0.722. The van der Waals surface area contributed by atoms with Crippen LogP contribution in [-0.2, 0) is 20.3 Å². The van der Waals surface area contributed by atoms with Gasteiger partial charge in [-0.05, 0) is 129 Å². The Kier molecular flexibility index (Phi) is 4.99. The second kappa shape index (κ2) is 8.40. The number of hydrogen-bond donors (Lipinski definition) is 0. The minimum Gasteiger partial charge on any atom is -0.490 e. The van der Waals surface area contributed by atoms with Crippen LogP contribution in [0.1, 0.15) is 88.2 Å². The third-order valence-corrected chi connectivity index (χ3v) is 12.9. The molecule has 8 bridgehead atoms. The average molecular weight is 541 g/mol. The maximum atomic E-state index is 6.77. The van der Waals surface area contributed by atoms with E-state index in [1.807, 2.05) is 0 Å². The van der Waals surface area contributed by atoms with Gasteiger partial charge in [-0.15, -0.1) is 0 Å². The molecule has 8 saturated carbocycles. The lowest BCUT2D eigenvalue weighted by Crippen LogP contribution is -2.49. The van der Waals surface area contributed by atoms with Crippen molar-refractivity contribution in [3.63, 3.8) is 0 Å². The van der Waals surface area contributed by atoms with Gasteiger partial charge in [-0.25, -0.2) is 0 Å². The van der Waals surface area contributed by atoms with Gasteiger partial charge in [0, 0.05) is 22.4 Å². The molecule has 2 aliphatic heterocycles. The zero-order valence-electron chi connectivity index (χ0n) is 23.9. The molecule has 2 aromatic carbocycles. The number of benzene rings is 2. The van der Waals surface area contributed by atoms with Crippen LogP contribution in [0.3, 0.4) is 0 Å². The van der Waals surface area contributed by atoms with E-state index in [4.69, 9.17) is 18.9 Å². The number of rotatable bonds is 8. The Hall–Kier alpha value is -1.78. The molecule has 4 nitrogen and oxygen atoms in total. The summed E-state index contributed by atoms with van der Waals surface area (Å²) in [6, 6.07) is 9.71. The van der Waals surface area contributed by atoms with Crippen LogP contribution in [0.15, 0.2) is 24.3 Å². The predicted octanol–water partition coefficient (Wildman–Crippen LogP) is 7.33. The zero-order chi connectivity index (χ0) is 26.1. The quantitative estimate of drug-likeness (QED) is 0.329. The van der Waals surface area contributed by atoms with Gasteiger partial charge < -0.3 is 18.9 Å². The third kappa shape index (κ3) is 3.70. The monoisotopic (exact) mass is 540 g/mol. The van der Waals surface area contributed by atoms with Gasteiger partial charge in [0.1, 0.15) is 36.9 Å². The van der Waals surface area contributed by atoms with Crippen LogP contribution in [0.4, 0.5) is 0 Å². The highest BCUT2D eigenvalue weighted by Gasteiger charge is 2.55. The molecule has 2 unspecified atom stereocenters. The standard InChI is InChI=1S/C36H44O4/c1-2-29-33(30(3-1)35-11-21-4-22(12-35)6-23(5-21)13-35)31(39-19-27-17-37-27)10-32(40-20-28-18-38-28)34(29)36-14-24-7-25(15-36)9-26(8-24)16-36/h1-3,10,21-28H,4-9,11-20H2. The topological polar surface area (TPSA) is 43.5 Å². The van der Waals surface area contributed by atoms with Crippen molar-refractivity contribution in [2.45, 2.75) is 100 Å². The lowest BCUT2D eigenvalue weighted by Gasteiger charge is -2.58. The first-order valence-electron chi connectivity index (χ1n) is 16.7. The maximum absolute atomic E-state index is 6.77. The highest BCUT2D eigenvalue weighted by atomic mass is 16.6. The molecule has 10 aliphatic rings. The van der Waals surface area contributed by atoms with E-state index in [0.29, 0.717) is 18.6 Å². The van der Waals surface area contributed by atoms with E-state index in [0.717, 1.165) is 60.2 Å². The zero-order valence-corrected chi connectivity index (χ0v) is 23.9. The largest absolute Gasteiger partial charge is 0.490 e. The summed E-state index contributed by atoms with van der Waals surface area (Å²) in [6.45, 7) is 2.96. The lowest BCUT2D eigenvalue weighted by atomic mass is 9.47. The first-order chi connectivity index (χ1) is 19.6. The smallest absolute Gasteiger partial charge is 0.131 e. The molecule has 0 radical (unpaired) electrons. The fourth-order valence-corrected chi connectivity index (χ4v) is 12.2. The normalized spacial score (nSPS) is 45.3. The first-order valence-corrected chi connectivity index (χ1v) is 16.7. The minimum atomic E-state index is 0.244. The Morgan fingerprint density at radius 2 is 1.10 bits per heavy atom. The van der Waals surface area contributed by atoms with Gasteiger partial charge in [-0.1, -0.05) is 18.2 Å². The summed E-state index contributed by atoms with van der Waals surface area (Å²) in [5.74, 6) is 7.62. The molecule has 8 aliphatic carbocycles. The first kappa shape index (κ1) is 23.7. The van der Waals surface area contributed by atoms with Crippen molar-refractivity contribution < 1.29 is 18.9 Å². The lowest BCUT2D eigenvalue weighted by molar-refractivity contribution is -0.00612.